The molecule has 1 aromatic rings. The summed E-state index contributed by atoms with van der Waals surface area (Å²) >= 11 is 0. The molecule has 1 aliphatic carbocycles. The molecule has 0 fully saturated rings. The molecule has 1 atom stereocenters. The molecule has 1 aliphatic rings. The Morgan fingerprint density at radius 2 is 1.89 bits per heavy atom. The standard InChI is InChI=1S/C17H27N/c1-16(2,3)12-7-8-14-13(11-12)15(18-6)9-10-17(14,4)5/h7-8,11,15,18H,9-10H2,1-6H3. The number of benzene rings is 1. The highest BCUT2D eigenvalue weighted by molar-refractivity contribution is 5.42. The lowest BCUT2D eigenvalue weighted by Gasteiger charge is -2.38. The molecule has 1 aromatic carbocycles. The highest BCUT2D eigenvalue weighted by atomic mass is 14.9. The Kier molecular flexibility index (Phi) is 3.31. The molecule has 0 aliphatic heterocycles. The Balaban J connectivity index is 2.54. The van der Waals surface area contributed by atoms with Gasteiger partial charge in [0, 0.05) is 6.04 Å². The van der Waals surface area contributed by atoms with Crippen LogP contribution in [-0.2, 0) is 10.8 Å². The van der Waals surface area contributed by atoms with Crippen LogP contribution in [-0.4, -0.2) is 7.05 Å². The molecule has 1 N–H and O–H groups in total. The largest absolute Gasteiger partial charge is 0.313 e. The second kappa shape index (κ2) is 4.38. The van der Waals surface area contributed by atoms with E-state index in [1.807, 2.05) is 0 Å². The summed E-state index contributed by atoms with van der Waals surface area (Å²) in [7, 11) is 2.08. The first kappa shape index (κ1) is 13.6. The van der Waals surface area contributed by atoms with Gasteiger partial charge < -0.3 is 5.32 Å². The normalized spacial score (nSPS) is 22.7. The molecule has 0 bridgehead atoms. The van der Waals surface area contributed by atoms with Gasteiger partial charge in [-0.05, 0) is 47.4 Å². The van der Waals surface area contributed by atoms with E-state index in [4.69, 9.17) is 0 Å². The maximum Gasteiger partial charge on any atom is 0.0320 e. The second-order valence-electron chi connectivity index (χ2n) is 7.32. The zero-order valence-electron chi connectivity index (χ0n) is 12.7. The van der Waals surface area contributed by atoms with E-state index >= 15 is 0 Å². The molecule has 1 unspecified atom stereocenters. The molecule has 18 heavy (non-hydrogen) atoms. The number of nitrogens with one attached hydrogen (secondary N) is 1. The van der Waals surface area contributed by atoms with Crippen LogP contribution in [0.2, 0.25) is 0 Å². The lowest BCUT2D eigenvalue weighted by molar-refractivity contribution is 0.370. The molecule has 0 heterocycles. The Bertz CT molecular complexity index is 437. The molecule has 1 nitrogen and oxygen atoms in total. The number of hydrogen-bond acceptors (Lipinski definition) is 1. The zero-order chi connectivity index (χ0) is 13.6. The molecule has 100 valence electrons. The highest BCUT2D eigenvalue weighted by Gasteiger charge is 2.32. The number of fused-ring (bicyclic) bond motifs is 1. The van der Waals surface area contributed by atoms with Gasteiger partial charge in [0.15, 0.2) is 0 Å². The van der Waals surface area contributed by atoms with E-state index in [2.05, 4.69) is 65.2 Å². The fourth-order valence-electron chi connectivity index (χ4n) is 3.03. The van der Waals surface area contributed by atoms with Crippen LogP contribution in [0.4, 0.5) is 0 Å². The van der Waals surface area contributed by atoms with Crippen LogP contribution in [0.25, 0.3) is 0 Å². The van der Waals surface area contributed by atoms with Crippen LogP contribution >= 0.6 is 0 Å². The van der Waals surface area contributed by atoms with Gasteiger partial charge in [0.25, 0.3) is 0 Å². The van der Waals surface area contributed by atoms with Crippen LogP contribution in [0.5, 0.6) is 0 Å². The molecule has 1 heteroatoms. The average Bonchev–Trinajstić information content (AvgIpc) is 2.27. The summed E-state index contributed by atoms with van der Waals surface area (Å²) in [5.74, 6) is 0. The molecule has 0 aromatic heterocycles. The summed E-state index contributed by atoms with van der Waals surface area (Å²) in [6, 6.07) is 7.63. The maximum absolute atomic E-state index is 3.48. The molecule has 0 radical (unpaired) electrons. The second-order valence-corrected chi connectivity index (χ2v) is 7.32. The molecule has 2 rings (SSSR count). The van der Waals surface area contributed by atoms with Gasteiger partial charge in [-0.3, -0.25) is 0 Å². The summed E-state index contributed by atoms with van der Waals surface area (Å²) in [6.45, 7) is 11.6. The topological polar surface area (TPSA) is 12.0 Å². The predicted molar refractivity (Wildman–Crippen MR) is 79.2 cm³/mol. The van der Waals surface area contributed by atoms with Crippen molar-refractivity contribution < 1.29 is 0 Å². The first-order valence-electron chi connectivity index (χ1n) is 7.08. The fourth-order valence-corrected chi connectivity index (χ4v) is 3.03. The maximum atomic E-state index is 3.48. The smallest absolute Gasteiger partial charge is 0.0320 e. The summed E-state index contributed by atoms with van der Waals surface area (Å²) in [5.41, 5.74) is 5.04. The fraction of sp³-hybridized carbons (Fsp3) is 0.647. The van der Waals surface area contributed by atoms with Crippen molar-refractivity contribution in [3.05, 3.63) is 34.9 Å². The van der Waals surface area contributed by atoms with Gasteiger partial charge >= 0.3 is 0 Å². The third-order valence-electron chi connectivity index (χ3n) is 4.43. The first-order valence-corrected chi connectivity index (χ1v) is 7.08. The van der Waals surface area contributed by atoms with Gasteiger partial charge in [0.2, 0.25) is 0 Å². The summed E-state index contributed by atoms with van der Waals surface area (Å²) in [4.78, 5) is 0. The van der Waals surface area contributed by atoms with Crippen LogP contribution in [0, 0.1) is 0 Å². The lowest BCUT2D eigenvalue weighted by atomic mass is 9.69. The van der Waals surface area contributed by atoms with Crippen molar-refractivity contribution >= 4 is 0 Å². The SMILES string of the molecule is CNC1CCC(C)(C)c2ccc(C(C)(C)C)cc21. The van der Waals surface area contributed by atoms with Crippen LogP contribution in [0.3, 0.4) is 0 Å². The summed E-state index contributed by atoms with van der Waals surface area (Å²) < 4.78 is 0. The molecular formula is C17H27N. The van der Waals surface area contributed by atoms with E-state index in [1.54, 1.807) is 0 Å². The Labute approximate surface area is 112 Å². The van der Waals surface area contributed by atoms with Gasteiger partial charge in [-0.25, -0.2) is 0 Å². The average molecular weight is 245 g/mol. The van der Waals surface area contributed by atoms with Crippen LogP contribution in [0.1, 0.15) is 70.2 Å². The van der Waals surface area contributed by atoms with Crippen molar-refractivity contribution in [2.45, 2.75) is 64.3 Å². The van der Waals surface area contributed by atoms with Gasteiger partial charge in [-0.2, -0.15) is 0 Å². The van der Waals surface area contributed by atoms with Crippen molar-refractivity contribution in [3.8, 4) is 0 Å². The minimum Gasteiger partial charge on any atom is -0.313 e. The van der Waals surface area contributed by atoms with Crippen LogP contribution in [0.15, 0.2) is 18.2 Å². The van der Waals surface area contributed by atoms with Gasteiger partial charge in [-0.1, -0.05) is 52.8 Å². The predicted octanol–water partition coefficient (Wildman–Crippen LogP) is 4.32. The summed E-state index contributed by atoms with van der Waals surface area (Å²) in [5, 5.41) is 3.48. The van der Waals surface area contributed by atoms with Crippen molar-refractivity contribution in [1.29, 1.82) is 0 Å². The van der Waals surface area contributed by atoms with Gasteiger partial charge in [-0.15, -0.1) is 0 Å². The highest BCUT2D eigenvalue weighted by Crippen LogP contribution is 2.42. The van der Waals surface area contributed by atoms with E-state index in [-0.39, 0.29) is 5.41 Å². The lowest BCUT2D eigenvalue weighted by Crippen LogP contribution is -2.31. The van der Waals surface area contributed by atoms with E-state index in [0.717, 1.165) is 0 Å². The van der Waals surface area contributed by atoms with Gasteiger partial charge in [0.1, 0.15) is 0 Å². The third kappa shape index (κ3) is 2.33. The third-order valence-corrected chi connectivity index (χ3v) is 4.43. The van der Waals surface area contributed by atoms with Crippen LogP contribution < -0.4 is 5.32 Å². The first-order chi connectivity index (χ1) is 8.25. The van der Waals surface area contributed by atoms with Crippen molar-refractivity contribution in [1.82, 2.24) is 5.32 Å². The zero-order valence-corrected chi connectivity index (χ0v) is 12.7. The molecule has 0 amide bonds. The number of rotatable bonds is 1. The quantitative estimate of drug-likeness (QED) is 0.777. The van der Waals surface area contributed by atoms with E-state index in [0.29, 0.717) is 11.5 Å². The molecule has 0 spiro atoms. The van der Waals surface area contributed by atoms with Crippen molar-refractivity contribution in [3.63, 3.8) is 0 Å². The molecular weight excluding hydrogens is 218 g/mol. The monoisotopic (exact) mass is 245 g/mol. The number of hydrogen-bond donors (Lipinski definition) is 1. The minimum absolute atomic E-state index is 0.231. The summed E-state index contributed by atoms with van der Waals surface area (Å²) in [6.07, 6.45) is 2.50. The Morgan fingerprint density at radius 1 is 1.22 bits per heavy atom. The van der Waals surface area contributed by atoms with Crippen molar-refractivity contribution in [2.75, 3.05) is 7.05 Å². The minimum atomic E-state index is 0.231. The van der Waals surface area contributed by atoms with E-state index < -0.39 is 0 Å². The Hall–Kier alpha value is -0.820. The van der Waals surface area contributed by atoms with Crippen molar-refractivity contribution in [2.24, 2.45) is 0 Å². The molecule has 0 saturated heterocycles. The van der Waals surface area contributed by atoms with E-state index in [1.165, 1.54) is 29.5 Å². The molecule has 0 saturated carbocycles. The van der Waals surface area contributed by atoms with Gasteiger partial charge in [0.05, 0.1) is 0 Å². The van der Waals surface area contributed by atoms with E-state index in [9.17, 15) is 0 Å². The Morgan fingerprint density at radius 3 is 2.44 bits per heavy atom.